The van der Waals surface area contributed by atoms with Crippen molar-refractivity contribution in [3.8, 4) is 0 Å². The molecule has 1 fully saturated rings. The average molecular weight is 334 g/mol. The fourth-order valence-electron chi connectivity index (χ4n) is 2.10. The second-order valence-electron chi connectivity index (χ2n) is 4.63. The molecule has 2 unspecified atom stereocenters. The molecule has 1 saturated heterocycles. The maximum atomic E-state index is 13.6. The molecule has 6 heteroatoms. The van der Waals surface area contributed by atoms with Crippen LogP contribution in [0.2, 0.25) is 0 Å². The molecule has 0 saturated carbocycles. The predicted molar refractivity (Wildman–Crippen MR) is 69.9 cm³/mol. The van der Waals surface area contributed by atoms with Gasteiger partial charge in [0.15, 0.2) is 0 Å². The van der Waals surface area contributed by atoms with Gasteiger partial charge in [-0.05, 0) is 25.5 Å². The summed E-state index contributed by atoms with van der Waals surface area (Å²) in [6.07, 6.45) is 0.840. The van der Waals surface area contributed by atoms with E-state index in [9.17, 15) is 13.6 Å². The largest absolute Gasteiger partial charge is 0.381 e. The molecule has 0 aliphatic carbocycles. The van der Waals surface area contributed by atoms with E-state index < -0.39 is 23.1 Å². The van der Waals surface area contributed by atoms with Crippen LogP contribution in [0, 0.1) is 17.6 Å². The Bertz CT molecular complexity index is 467. The van der Waals surface area contributed by atoms with Crippen molar-refractivity contribution < 1.29 is 18.3 Å². The van der Waals surface area contributed by atoms with Crippen LogP contribution in [-0.4, -0.2) is 25.2 Å². The summed E-state index contributed by atoms with van der Waals surface area (Å²) in [4.78, 5) is 11.9. The van der Waals surface area contributed by atoms with Gasteiger partial charge in [0.2, 0.25) is 0 Å². The van der Waals surface area contributed by atoms with Gasteiger partial charge in [0.1, 0.15) is 17.2 Å². The van der Waals surface area contributed by atoms with Crippen molar-refractivity contribution >= 4 is 21.8 Å². The Hall–Kier alpha value is -1.01. The minimum atomic E-state index is -0.876. The molecule has 2 rings (SSSR count). The molecule has 0 radical (unpaired) electrons. The normalized spacial score (nSPS) is 20.3. The molecular weight excluding hydrogens is 320 g/mol. The smallest absolute Gasteiger partial charge is 0.257 e. The third kappa shape index (κ3) is 3.30. The first kappa shape index (κ1) is 14.4. The van der Waals surface area contributed by atoms with E-state index in [1.807, 2.05) is 6.92 Å². The highest BCUT2D eigenvalue weighted by atomic mass is 79.9. The molecule has 1 amide bonds. The van der Waals surface area contributed by atoms with Crippen molar-refractivity contribution in [3.63, 3.8) is 0 Å². The number of carbonyl (C=O) groups excluding carboxylic acids is 1. The molecule has 19 heavy (non-hydrogen) atoms. The maximum Gasteiger partial charge on any atom is 0.257 e. The van der Waals surface area contributed by atoms with Gasteiger partial charge >= 0.3 is 0 Å². The van der Waals surface area contributed by atoms with E-state index in [-0.39, 0.29) is 16.4 Å². The van der Waals surface area contributed by atoms with Gasteiger partial charge in [0.05, 0.1) is 6.61 Å². The van der Waals surface area contributed by atoms with Crippen molar-refractivity contribution in [2.24, 2.45) is 5.92 Å². The third-order valence-electron chi connectivity index (χ3n) is 3.26. The maximum absolute atomic E-state index is 13.6. The summed E-state index contributed by atoms with van der Waals surface area (Å²) in [6, 6.07) is 1.96. The van der Waals surface area contributed by atoms with Gasteiger partial charge in [0.25, 0.3) is 5.91 Å². The monoisotopic (exact) mass is 333 g/mol. The lowest BCUT2D eigenvalue weighted by Crippen LogP contribution is -2.39. The number of hydrogen-bond acceptors (Lipinski definition) is 2. The van der Waals surface area contributed by atoms with Gasteiger partial charge in [-0.3, -0.25) is 4.79 Å². The molecule has 1 aromatic rings. The summed E-state index contributed by atoms with van der Waals surface area (Å²) in [5.41, 5.74) is -0.547. The molecule has 0 spiro atoms. The number of benzene rings is 1. The summed E-state index contributed by atoms with van der Waals surface area (Å²) in [7, 11) is 0. The molecule has 104 valence electrons. The van der Waals surface area contributed by atoms with Crippen molar-refractivity contribution in [1.29, 1.82) is 0 Å². The first-order valence-corrected chi connectivity index (χ1v) is 6.81. The first-order chi connectivity index (χ1) is 8.99. The number of rotatable bonds is 3. The second-order valence-corrected chi connectivity index (χ2v) is 5.55. The molecule has 0 aromatic heterocycles. The fraction of sp³-hybridized carbons (Fsp3) is 0.462. The van der Waals surface area contributed by atoms with Crippen LogP contribution in [0.3, 0.4) is 0 Å². The number of amides is 1. The standard InChI is InChI=1S/C13H14BrF2NO2/c1-7(8-2-3-19-6-8)17-13(18)12-10(15)4-9(14)5-11(12)16/h4-5,7-8H,2-3,6H2,1H3,(H,17,18). The number of ether oxygens (including phenoxy) is 1. The fourth-order valence-corrected chi connectivity index (χ4v) is 2.50. The second kappa shape index (κ2) is 5.96. The summed E-state index contributed by atoms with van der Waals surface area (Å²) in [5.74, 6) is -2.30. The Balaban J connectivity index is 2.11. The van der Waals surface area contributed by atoms with Gasteiger partial charge in [-0.2, -0.15) is 0 Å². The van der Waals surface area contributed by atoms with Crippen LogP contribution >= 0.6 is 15.9 Å². The van der Waals surface area contributed by atoms with Crippen LogP contribution in [0.15, 0.2) is 16.6 Å². The Morgan fingerprint density at radius 3 is 2.63 bits per heavy atom. The van der Waals surface area contributed by atoms with Crippen LogP contribution in [0.25, 0.3) is 0 Å². The molecule has 0 bridgehead atoms. The van der Waals surface area contributed by atoms with E-state index in [0.717, 1.165) is 18.6 Å². The Morgan fingerprint density at radius 2 is 2.11 bits per heavy atom. The lowest BCUT2D eigenvalue weighted by Gasteiger charge is -2.19. The zero-order valence-corrected chi connectivity index (χ0v) is 12.0. The lowest BCUT2D eigenvalue weighted by molar-refractivity contribution is 0.0913. The SMILES string of the molecule is CC(NC(=O)c1c(F)cc(Br)cc1F)C1CCOC1. The minimum Gasteiger partial charge on any atom is -0.381 e. The zero-order valence-electron chi connectivity index (χ0n) is 10.4. The van der Waals surface area contributed by atoms with Crippen molar-refractivity contribution in [1.82, 2.24) is 5.32 Å². The summed E-state index contributed by atoms with van der Waals surface area (Å²) >= 11 is 2.97. The highest BCUT2D eigenvalue weighted by Gasteiger charge is 2.26. The minimum absolute atomic E-state index is 0.183. The molecule has 2 atom stereocenters. The van der Waals surface area contributed by atoms with Gasteiger partial charge in [-0.25, -0.2) is 8.78 Å². The molecule has 3 nitrogen and oxygen atoms in total. The lowest BCUT2D eigenvalue weighted by atomic mass is 10.0. The summed E-state index contributed by atoms with van der Waals surface area (Å²) < 4.78 is 32.8. The number of hydrogen-bond donors (Lipinski definition) is 1. The number of nitrogens with one attached hydrogen (secondary N) is 1. The van der Waals surface area contributed by atoms with Crippen molar-refractivity contribution in [3.05, 3.63) is 33.8 Å². The Kier molecular flexibility index (Phi) is 4.52. The van der Waals surface area contributed by atoms with Crippen LogP contribution in [0.4, 0.5) is 8.78 Å². The van der Waals surface area contributed by atoms with Gasteiger partial charge < -0.3 is 10.1 Å². The van der Waals surface area contributed by atoms with Gasteiger partial charge in [0, 0.05) is 23.0 Å². The molecule has 1 aliphatic heterocycles. The van der Waals surface area contributed by atoms with Gasteiger partial charge in [-0.15, -0.1) is 0 Å². The molecule has 1 aliphatic rings. The van der Waals surface area contributed by atoms with E-state index in [4.69, 9.17) is 4.74 Å². The van der Waals surface area contributed by atoms with Crippen molar-refractivity contribution in [2.45, 2.75) is 19.4 Å². The predicted octanol–water partition coefficient (Wildman–Crippen LogP) is 2.88. The molecule has 1 heterocycles. The van der Waals surface area contributed by atoms with E-state index in [1.165, 1.54) is 0 Å². The first-order valence-electron chi connectivity index (χ1n) is 6.02. The highest BCUT2D eigenvalue weighted by molar-refractivity contribution is 9.10. The molecule has 1 aromatic carbocycles. The van der Waals surface area contributed by atoms with Gasteiger partial charge in [-0.1, -0.05) is 15.9 Å². The number of halogens is 3. The summed E-state index contributed by atoms with van der Waals surface area (Å²) in [6.45, 7) is 3.03. The van der Waals surface area contributed by atoms with E-state index in [0.29, 0.717) is 13.2 Å². The molecule has 1 N–H and O–H groups in total. The highest BCUT2D eigenvalue weighted by Crippen LogP contribution is 2.21. The average Bonchev–Trinajstić information content (AvgIpc) is 2.80. The van der Waals surface area contributed by atoms with Crippen LogP contribution in [-0.2, 0) is 4.74 Å². The van der Waals surface area contributed by atoms with Crippen LogP contribution in [0.1, 0.15) is 23.7 Å². The Labute approximate surface area is 118 Å². The van der Waals surface area contributed by atoms with Crippen LogP contribution in [0.5, 0.6) is 0 Å². The quantitative estimate of drug-likeness (QED) is 0.923. The zero-order chi connectivity index (χ0) is 14.0. The van der Waals surface area contributed by atoms with Crippen molar-refractivity contribution in [2.75, 3.05) is 13.2 Å². The third-order valence-corrected chi connectivity index (χ3v) is 3.72. The molecular formula is C13H14BrF2NO2. The topological polar surface area (TPSA) is 38.3 Å². The van der Waals surface area contributed by atoms with E-state index >= 15 is 0 Å². The van der Waals surface area contributed by atoms with Crippen LogP contribution < -0.4 is 5.32 Å². The van der Waals surface area contributed by atoms with E-state index in [2.05, 4.69) is 21.2 Å². The number of carbonyl (C=O) groups is 1. The van der Waals surface area contributed by atoms with E-state index in [1.54, 1.807) is 0 Å². The Morgan fingerprint density at radius 1 is 1.47 bits per heavy atom. The summed E-state index contributed by atoms with van der Waals surface area (Å²) in [5, 5.41) is 2.62.